The summed E-state index contributed by atoms with van der Waals surface area (Å²) in [5, 5.41) is 19.8. The van der Waals surface area contributed by atoms with E-state index in [2.05, 4.69) is 12.2 Å². The third-order valence-corrected chi connectivity index (χ3v) is 3.82. The molecule has 6 heteroatoms. The quantitative estimate of drug-likeness (QED) is 0.297. The van der Waals surface area contributed by atoms with Gasteiger partial charge in [-0.1, -0.05) is 71.1 Å². The second-order valence-corrected chi connectivity index (χ2v) is 5.93. The Bertz CT molecular complexity index is 306. The van der Waals surface area contributed by atoms with E-state index in [1.807, 2.05) is 0 Å². The predicted molar refractivity (Wildman–Crippen MR) is 88.8 cm³/mol. The van der Waals surface area contributed by atoms with Crippen LogP contribution in [0.5, 0.6) is 0 Å². The molecule has 0 aromatic rings. The zero-order valence-electron chi connectivity index (χ0n) is 16.0. The molecule has 132 valence electrons. The first-order valence-corrected chi connectivity index (χ1v) is 8.74. The molecule has 1 atom stereocenters. The Morgan fingerprint density at radius 1 is 0.913 bits per heavy atom. The summed E-state index contributed by atoms with van der Waals surface area (Å²) < 4.78 is 0. The number of carbonyl (C=O) groups excluding carboxylic acids is 1. The monoisotopic (exact) mass is 339 g/mol. The number of rotatable bonds is 15. The molecule has 0 saturated heterocycles. The minimum absolute atomic E-state index is 0. The van der Waals surface area contributed by atoms with Gasteiger partial charge in [0.1, 0.15) is 6.04 Å². The van der Waals surface area contributed by atoms with Gasteiger partial charge in [-0.15, -0.1) is 0 Å². The van der Waals surface area contributed by atoms with Gasteiger partial charge in [0.2, 0.25) is 5.91 Å². The van der Waals surface area contributed by atoms with E-state index in [1.54, 1.807) is 0 Å². The van der Waals surface area contributed by atoms with Gasteiger partial charge in [0.25, 0.3) is 0 Å². The molecule has 3 N–H and O–H groups in total. The number of unbranched alkanes of at least 4 members (excludes halogenated alkanes) is 10. The summed E-state index contributed by atoms with van der Waals surface area (Å²) in [4.78, 5) is 22.1. The molecule has 23 heavy (non-hydrogen) atoms. The van der Waals surface area contributed by atoms with Gasteiger partial charge < -0.3 is 17.0 Å². The summed E-state index contributed by atoms with van der Waals surface area (Å²) in [5.41, 5.74) is 0. The minimum atomic E-state index is -1.20. The Morgan fingerprint density at radius 2 is 1.35 bits per heavy atom. The van der Waals surface area contributed by atoms with E-state index in [9.17, 15) is 9.59 Å². The van der Waals surface area contributed by atoms with Crippen LogP contribution in [0.25, 0.3) is 0 Å². The number of carbonyl (C=O) groups is 2. The Balaban J connectivity index is -0.00000220. The molecule has 1 amide bonds. The molecular weight excluding hydrogens is 305 g/mol. The molecule has 0 fully saturated rings. The van der Waals surface area contributed by atoms with Crippen LogP contribution in [0.2, 0.25) is 0 Å². The average Bonchev–Trinajstić information content (AvgIpc) is 2.50. The van der Waals surface area contributed by atoms with Crippen LogP contribution in [0.15, 0.2) is 0 Å². The molecule has 5 nitrogen and oxygen atoms in total. The zero-order valence-corrected chi connectivity index (χ0v) is 17.0. The van der Waals surface area contributed by atoms with Crippen molar-refractivity contribution in [3.63, 3.8) is 0 Å². The van der Waals surface area contributed by atoms with Gasteiger partial charge in [-0.25, -0.2) is 4.79 Å². The van der Waals surface area contributed by atoms with Crippen LogP contribution in [0.3, 0.4) is 0 Å². The first-order valence-electron chi connectivity index (χ1n) is 8.74. The van der Waals surface area contributed by atoms with Crippen LogP contribution in [-0.2, 0) is 9.59 Å². The van der Waals surface area contributed by atoms with Crippen LogP contribution in [-0.4, -0.2) is 34.7 Å². The van der Waals surface area contributed by atoms with Crippen LogP contribution in [0, 0.1) is 0 Å². The van der Waals surface area contributed by atoms with E-state index >= 15 is 0 Å². The standard InChI is InChI=1S/C17H33NO4.Na.H/c1-2-3-4-5-6-7-8-9-10-11-12-13-16(20)18-15(14-19)17(21)22;;/h15,19H,2-14H2,1H3,(H,18,20)(H,21,22);;/q;+1;-1/t15-;;/m0../s1. The van der Waals surface area contributed by atoms with E-state index in [0.29, 0.717) is 6.42 Å². The number of carboxylic acid groups (broad SMARTS) is 1. The molecule has 0 aliphatic carbocycles. The number of nitrogens with one attached hydrogen (secondary N) is 1. The summed E-state index contributed by atoms with van der Waals surface area (Å²) in [7, 11) is 0. The molecule has 0 heterocycles. The number of aliphatic hydroxyl groups is 1. The van der Waals surface area contributed by atoms with Crippen LogP contribution >= 0.6 is 0 Å². The van der Waals surface area contributed by atoms with Crippen molar-refractivity contribution in [3.05, 3.63) is 0 Å². The third-order valence-electron chi connectivity index (χ3n) is 3.82. The molecule has 0 rings (SSSR count). The summed E-state index contributed by atoms with van der Waals surface area (Å²) in [6.07, 6.45) is 13.7. The third kappa shape index (κ3) is 16.5. The largest absolute Gasteiger partial charge is 1.00 e. The van der Waals surface area contributed by atoms with Gasteiger partial charge in [-0.3, -0.25) is 4.79 Å². The van der Waals surface area contributed by atoms with Crippen molar-refractivity contribution in [1.29, 1.82) is 0 Å². The van der Waals surface area contributed by atoms with Crippen molar-refractivity contribution in [2.75, 3.05) is 6.61 Å². The van der Waals surface area contributed by atoms with Crippen molar-refractivity contribution < 1.29 is 50.8 Å². The van der Waals surface area contributed by atoms with Crippen molar-refractivity contribution >= 4 is 11.9 Å². The smallest absolute Gasteiger partial charge is 1.00 e. The summed E-state index contributed by atoms with van der Waals surface area (Å²) in [5.74, 6) is -1.49. The number of hydrogen-bond acceptors (Lipinski definition) is 3. The van der Waals surface area contributed by atoms with E-state index in [1.165, 1.54) is 51.4 Å². The van der Waals surface area contributed by atoms with Crippen molar-refractivity contribution in [1.82, 2.24) is 5.32 Å². The molecule has 0 aliphatic rings. The minimum Gasteiger partial charge on any atom is -1.00 e. The normalized spacial score (nSPS) is 11.6. The van der Waals surface area contributed by atoms with Crippen LogP contribution in [0.4, 0.5) is 0 Å². The van der Waals surface area contributed by atoms with E-state index < -0.39 is 18.6 Å². The van der Waals surface area contributed by atoms with Crippen molar-refractivity contribution in [2.24, 2.45) is 0 Å². The van der Waals surface area contributed by atoms with Gasteiger partial charge in [0.15, 0.2) is 0 Å². The van der Waals surface area contributed by atoms with Crippen molar-refractivity contribution in [3.8, 4) is 0 Å². The molecule has 0 unspecified atom stereocenters. The second kappa shape index (κ2) is 18.2. The number of carboxylic acids is 1. The zero-order chi connectivity index (χ0) is 16.6. The topological polar surface area (TPSA) is 86.6 Å². The predicted octanol–water partition coefficient (Wildman–Crippen LogP) is 0.366. The maximum Gasteiger partial charge on any atom is 1.00 e. The Hall–Kier alpha value is -0.100. The fourth-order valence-corrected chi connectivity index (χ4v) is 2.40. The summed E-state index contributed by atoms with van der Waals surface area (Å²) in [6, 6.07) is -1.18. The number of aliphatic hydroxyl groups excluding tert-OH is 1. The summed E-state index contributed by atoms with van der Waals surface area (Å²) in [6.45, 7) is 1.66. The molecule has 0 aromatic heterocycles. The average molecular weight is 339 g/mol. The van der Waals surface area contributed by atoms with E-state index in [-0.39, 0.29) is 36.9 Å². The number of hydrogen-bond donors (Lipinski definition) is 3. The fraction of sp³-hybridized carbons (Fsp3) is 0.882. The Morgan fingerprint density at radius 3 is 1.74 bits per heavy atom. The van der Waals surface area contributed by atoms with Crippen molar-refractivity contribution in [2.45, 2.75) is 90.0 Å². The van der Waals surface area contributed by atoms with Gasteiger partial charge in [-0.2, -0.15) is 0 Å². The molecule has 0 aromatic carbocycles. The van der Waals surface area contributed by atoms with Crippen LogP contribution < -0.4 is 34.9 Å². The molecular formula is C17H34NNaO4. The summed E-state index contributed by atoms with van der Waals surface area (Å²) >= 11 is 0. The van der Waals surface area contributed by atoms with Gasteiger partial charge >= 0.3 is 35.5 Å². The first-order chi connectivity index (χ1) is 10.6. The van der Waals surface area contributed by atoms with E-state index in [0.717, 1.165) is 19.3 Å². The fourth-order valence-electron chi connectivity index (χ4n) is 2.40. The number of amides is 1. The maximum atomic E-state index is 11.5. The Kier molecular flexibility index (Phi) is 19.9. The Labute approximate surface area is 164 Å². The second-order valence-electron chi connectivity index (χ2n) is 5.93. The maximum absolute atomic E-state index is 11.5. The molecule has 0 bridgehead atoms. The SMILES string of the molecule is CCCCCCCCCCCCCC(=O)N[C@@H](CO)C(=O)O.[H-].[Na+]. The first kappa shape index (κ1) is 25.1. The molecule has 0 aliphatic heterocycles. The van der Waals surface area contributed by atoms with Crippen LogP contribution in [0.1, 0.15) is 85.4 Å². The van der Waals surface area contributed by atoms with E-state index in [4.69, 9.17) is 10.2 Å². The number of aliphatic carboxylic acids is 1. The molecule has 0 saturated carbocycles. The molecule has 0 radical (unpaired) electrons. The van der Waals surface area contributed by atoms with Gasteiger partial charge in [0.05, 0.1) is 6.61 Å². The molecule has 0 spiro atoms. The van der Waals surface area contributed by atoms with Gasteiger partial charge in [-0.05, 0) is 6.42 Å². The van der Waals surface area contributed by atoms with Gasteiger partial charge in [0, 0.05) is 6.42 Å².